The van der Waals surface area contributed by atoms with E-state index in [4.69, 9.17) is 14.7 Å². The number of amides is 2. The van der Waals surface area contributed by atoms with Crippen molar-refractivity contribution >= 4 is 18.0 Å². The summed E-state index contributed by atoms with van der Waals surface area (Å²) in [5.74, 6) is -1.38. The maximum absolute atomic E-state index is 12.3. The van der Waals surface area contributed by atoms with Gasteiger partial charge in [0.1, 0.15) is 17.7 Å². The van der Waals surface area contributed by atoms with Crippen LogP contribution in [0.2, 0.25) is 0 Å². The van der Waals surface area contributed by atoms with Crippen LogP contribution in [0.5, 0.6) is 0 Å². The van der Waals surface area contributed by atoms with Gasteiger partial charge in [-0.25, -0.2) is 14.5 Å². The Morgan fingerprint density at radius 2 is 2.05 bits per heavy atom. The number of nitriles is 1. The number of imide groups is 1. The number of carbonyl (C=O) groups is 3. The van der Waals surface area contributed by atoms with Crippen LogP contribution in [0, 0.1) is 11.3 Å². The Morgan fingerprint density at radius 3 is 2.55 bits per heavy atom. The van der Waals surface area contributed by atoms with E-state index in [1.807, 2.05) is 6.07 Å². The molecule has 0 aliphatic carbocycles. The summed E-state index contributed by atoms with van der Waals surface area (Å²) in [6.45, 7) is 5.00. The number of rotatable bonds is 4. The van der Waals surface area contributed by atoms with E-state index >= 15 is 0 Å². The van der Waals surface area contributed by atoms with E-state index in [2.05, 4.69) is 4.74 Å². The van der Waals surface area contributed by atoms with Gasteiger partial charge in [-0.2, -0.15) is 5.26 Å². The summed E-state index contributed by atoms with van der Waals surface area (Å²) < 4.78 is 15.0. The average Bonchev–Trinajstić information content (AvgIpc) is 2.74. The summed E-state index contributed by atoms with van der Waals surface area (Å²) in [5.41, 5.74) is -0.808. The summed E-state index contributed by atoms with van der Waals surface area (Å²) in [6, 6.07) is 0.800. The molecule has 0 saturated carbocycles. The van der Waals surface area contributed by atoms with Crippen LogP contribution >= 0.6 is 0 Å². The summed E-state index contributed by atoms with van der Waals surface area (Å²) in [4.78, 5) is 36.9. The van der Waals surface area contributed by atoms with Crippen molar-refractivity contribution < 1.29 is 28.6 Å². The lowest BCUT2D eigenvalue weighted by Crippen LogP contribution is -2.46. The summed E-state index contributed by atoms with van der Waals surface area (Å²) >= 11 is 0. The van der Waals surface area contributed by atoms with Crippen LogP contribution in [0.15, 0.2) is 0 Å². The van der Waals surface area contributed by atoms with Gasteiger partial charge < -0.3 is 14.2 Å². The van der Waals surface area contributed by atoms with Crippen molar-refractivity contribution in [3.05, 3.63) is 0 Å². The molecule has 1 rings (SSSR count). The summed E-state index contributed by atoms with van der Waals surface area (Å²) in [6.07, 6.45) is -1.79. The van der Waals surface area contributed by atoms with Gasteiger partial charge in [-0.3, -0.25) is 4.79 Å². The van der Waals surface area contributed by atoms with Crippen LogP contribution in [-0.2, 0) is 23.8 Å². The van der Waals surface area contributed by atoms with Gasteiger partial charge in [-0.1, -0.05) is 0 Å². The van der Waals surface area contributed by atoms with Crippen LogP contribution in [0.4, 0.5) is 4.79 Å². The fraction of sp³-hybridized carbons (Fsp3) is 0.714. The monoisotopic (exact) mass is 312 g/mol. The maximum atomic E-state index is 12.3. The van der Waals surface area contributed by atoms with E-state index in [1.165, 1.54) is 7.11 Å². The molecule has 0 N–H and O–H groups in total. The largest absolute Gasteiger partial charge is 0.467 e. The van der Waals surface area contributed by atoms with E-state index in [0.29, 0.717) is 0 Å². The molecule has 1 aliphatic rings. The zero-order valence-corrected chi connectivity index (χ0v) is 13.1. The van der Waals surface area contributed by atoms with Gasteiger partial charge in [0.25, 0.3) is 5.91 Å². The zero-order valence-electron chi connectivity index (χ0n) is 13.1. The molecule has 0 bridgehead atoms. The maximum Gasteiger partial charge on any atom is 0.417 e. The molecule has 8 heteroatoms. The standard InChI is InChI=1S/C14H20N2O6/c1-14(2,3)22-13(19)16-9(12(18)20-4)8-10(11(16)17)21-7-5-6-15/h9-10H,5,7-8H2,1-4H3/t9-,10-/m0/s1. The van der Waals surface area contributed by atoms with Gasteiger partial charge in [0.15, 0.2) is 0 Å². The van der Waals surface area contributed by atoms with Gasteiger partial charge in [-0.15, -0.1) is 0 Å². The molecule has 2 atom stereocenters. The molecule has 1 fully saturated rings. The Kier molecular flexibility index (Phi) is 5.88. The minimum Gasteiger partial charge on any atom is -0.467 e. The molecule has 2 amide bonds. The second kappa shape index (κ2) is 7.22. The normalized spacial score (nSPS) is 21.4. The van der Waals surface area contributed by atoms with Gasteiger partial charge in [0, 0.05) is 6.42 Å². The van der Waals surface area contributed by atoms with Crippen LogP contribution in [0.3, 0.4) is 0 Å². The first kappa shape index (κ1) is 17.9. The smallest absolute Gasteiger partial charge is 0.417 e. The van der Waals surface area contributed by atoms with Crippen LogP contribution < -0.4 is 0 Å². The van der Waals surface area contributed by atoms with Crippen molar-refractivity contribution in [1.29, 1.82) is 5.26 Å². The molecular weight excluding hydrogens is 292 g/mol. The Hall–Kier alpha value is -2.14. The van der Waals surface area contributed by atoms with Crippen molar-refractivity contribution in [3.8, 4) is 6.07 Å². The van der Waals surface area contributed by atoms with Crippen LogP contribution in [0.25, 0.3) is 0 Å². The minimum absolute atomic E-state index is 0.0177. The third-order valence-corrected chi connectivity index (χ3v) is 2.86. The topological polar surface area (TPSA) is 106 Å². The van der Waals surface area contributed by atoms with Gasteiger partial charge >= 0.3 is 12.1 Å². The highest BCUT2D eigenvalue weighted by Crippen LogP contribution is 2.25. The quantitative estimate of drug-likeness (QED) is 0.563. The Bertz CT molecular complexity index is 491. The highest BCUT2D eigenvalue weighted by atomic mass is 16.6. The predicted octanol–water partition coefficient (Wildman–Crippen LogP) is 0.994. The highest BCUT2D eigenvalue weighted by molar-refractivity contribution is 6.01. The lowest BCUT2D eigenvalue weighted by molar-refractivity contribution is -0.149. The lowest BCUT2D eigenvalue weighted by Gasteiger charge is -2.26. The van der Waals surface area contributed by atoms with Crippen molar-refractivity contribution in [2.45, 2.75) is 51.4 Å². The first-order valence-corrected chi connectivity index (χ1v) is 6.83. The molecule has 1 aliphatic heterocycles. The SMILES string of the molecule is COC(=O)[C@@H]1C[C@H](OCCC#N)C(=O)N1C(=O)OC(C)(C)C. The zero-order chi connectivity index (χ0) is 16.9. The number of hydrogen-bond donors (Lipinski definition) is 0. The third-order valence-electron chi connectivity index (χ3n) is 2.86. The molecule has 1 saturated heterocycles. The Labute approximate surface area is 128 Å². The van der Waals surface area contributed by atoms with Gasteiger partial charge in [0.2, 0.25) is 0 Å². The number of esters is 1. The molecule has 22 heavy (non-hydrogen) atoms. The number of hydrogen-bond acceptors (Lipinski definition) is 7. The van der Waals surface area contributed by atoms with E-state index in [9.17, 15) is 14.4 Å². The lowest BCUT2D eigenvalue weighted by atomic mass is 10.2. The number of nitrogens with zero attached hydrogens (tertiary/aromatic N) is 2. The van der Waals surface area contributed by atoms with Gasteiger partial charge in [0.05, 0.1) is 26.2 Å². The van der Waals surface area contributed by atoms with Gasteiger partial charge in [-0.05, 0) is 20.8 Å². The second-order valence-electron chi connectivity index (χ2n) is 5.73. The highest BCUT2D eigenvalue weighted by Gasteiger charge is 2.49. The number of carbonyl (C=O) groups excluding carboxylic acids is 3. The fourth-order valence-electron chi connectivity index (χ4n) is 1.97. The molecule has 0 spiro atoms. The number of methoxy groups -OCH3 is 1. The predicted molar refractivity (Wildman–Crippen MR) is 73.5 cm³/mol. The molecule has 122 valence electrons. The van der Waals surface area contributed by atoms with Crippen LogP contribution in [-0.4, -0.2) is 54.3 Å². The van der Waals surface area contributed by atoms with Crippen molar-refractivity contribution in [2.24, 2.45) is 0 Å². The molecule has 8 nitrogen and oxygen atoms in total. The van der Waals surface area contributed by atoms with Crippen molar-refractivity contribution in [2.75, 3.05) is 13.7 Å². The Morgan fingerprint density at radius 1 is 1.41 bits per heavy atom. The fourth-order valence-corrected chi connectivity index (χ4v) is 1.97. The molecule has 0 unspecified atom stereocenters. The Balaban J connectivity index is 2.89. The minimum atomic E-state index is -1.08. The summed E-state index contributed by atoms with van der Waals surface area (Å²) in [5, 5.41) is 8.48. The number of ether oxygens (including phenoxy) is 3. The molecule has 0 radical (unpaired) electrons. The third kappa shape index (κ3) is 4.43. The van der Waals surface area contributed by atoms with E-state index in [-0.39, 0.29) is 19.4 Å². The van der Waals surface area contributed by atoms with Crippen molar-refractivity contribution in [3.63, 3.8) is 0 Å². The first-order chi connectivity index (χ1) is 10.2. The van der Waals surface area contributed by atoms with Crippen molar-refractivity contribution in [1.82, 2.24) is 4.90 Å². The molecule has 0 aromatic rings. The number of likely N-dealkylation sites (tertiary alicyclic amines) is 1. The first-order valence-electron chi connectivity index (χ1n) is 6.83. The van der Waals surface area contributed by atoms with E-state index < -0.39 is 35.7 Å². The molecule has 1 heterocycles. The molecule has 0 aromatic carbocycles. The van der Waals surface area contributed by atoms with Crippen LogP contribution in [0.1, 0.15) is 33.6 Å². The molecular formula is C14H20N2O6. The molecule has 0 aromatic heterocycles. The van der Waals surface area contributed by atoms with E-state index in [1.54, 1.807) is 20.8 Å². The average molecular weight is 312 g/mol. The second-order valence-corrected chi connectivity index (χ2v) is 5.73. The summed E-state index contributed by atoms with van der Waals surface area (Å²) in [7, 11) is 1.17. The van der Waals surface area contributed by atoms with E-state index in [0.717, 1.165) is 4.90 Å².